The Bertz CT molecular complexity index is 127. The average Bonchev–Trinajstić information content (AvgIpc) is 2.15. The van der Waals surface area contributed by atoms with Crippen LogP contribution >= 0.6 is 0 Å². The molecule has 0 saturated heterocycles. The van der Waals surface area contributed by atoms with Gasteiger partial charge in [0.05, 0.1) is 0 Å². The van der Waals surface area contributed by atoms with Crippen molar-refractivity contribution in [2.24, 2.45) is 5.73 Å². The van der Waals surface area contributed by atoms with Crippen molar-refractivity contribution in [1.82, 2.24) is 0 Å². The predicted molar refractivity (Wildman–Crippen MR) is 65.4 cm³/mol. The first kappa shape index (κ1) is 13.7. The highest BCUT2D eigenvalue weighted by Gasteiger charge is 1.93. The zero-order valence-electron chi connectivity index (χ0n) is 9.97. The lowest BCUT2D eigenvalue weighted by molar-refractivity contribution is 0.558. The number of allylic oxidation sites excluding steroid dienone is 2. The molecule has 0 radical (unpaired) electrons. The maximum absolute atomic E-state index is 5.68. The van der Waals surface area contributed by atoms with Gasteiger partial charge in [0.15, 0.2) is 0 Å². The van der Waals surface area contributed by atoms with Gasteiger partial charge in [-0.25, -0.2) is 0 Å². The van der Waals surface area contributed by atoms with Gasteiger partial charge in [-0.15, -0.1) is 0 Å². The van der Waals surface area contributed by atoms with Crippen LogP contribution in [-0.4, -0.2) is 6.04 Å². The Kier molecular flexibility index (Phi) is 10.5. The minimum atomic E-state index is 0.391. The van der Waals surface area contributed by atoms with Crippen LogP contribution in [0.4, 0.5) is 0 Å². The monoisotopic (exact) mass is 197 g/mol. The fourth-order valence-electron chi connectivity index (χ4n) is 1.54. The van der Waals surface area contributed by atoms with Crippen molar-refractivity contribution >= 4 is 0 Å². The third-order valence-corrected chi connectivity index (χ3v) is 2.43. The lowest BCUT2D eigenvalue weighted by Crippen LogP contribution is -2.13. The third-order valence-electron chi connectivity index (χ3n) is 2.43. The van der Waals surface area contributed by atoms with E-state index in [9.17, 15) is 0 Å². The van der Waals surface area contributed by atoms with Crippen molar-refractivity contribution in [1.29, 1.82) is 0 Å². The van der Waals surface area contributed by atoms with Crippen molar-refractivity contribution < 1.29 is 0 Å². The highest BCUT2D eigenvalue weighted by Crippen LogP contribution is 2.08. The number of hydrogen-bond acceptors (Lipinski definition) is 1. The Morgan fingerprint density at radius 3 is 2.29 bits per heavy atom. The lowest BCUT2D eigenvalue weighted by Gasteiger charge is -2.03. The van der Waals surface area contributed by atoms with Gasteiger partial charge in [-0.3, -0.25) is 0 Å². The topological polar surface area (TPSA) is 26.0 Å². The fraction of sp³-hybridized carbons (Fsp3) is 0.846. The highest BCUT2D eigenvalue weighted by atomic mass is 14.6. The Morgan fingerprint density at radius 2 is 1.64 bits per heavy atom. The first-order valence-electron chi connectivity index (χ1n) is 6.18. The van der Waals surface area contributed by atoms with Crippen LogP contribution in [0, 0.1) is 0 Å². The van der Waals surface area contributed by atoms with E-state index in [0.717, 1.165) is 0 Å². The molecule has 0 heterocycles. The molecule has 0 bridgehead atoms. The summed E-state index contributed by atoms with van der Waals surface area (Å²) < 4.78 is 0. The number of rotatable bonds is 9. The standard InChI is InChI=1S/C13H27N/c1-3-4-5-6-7-8-9-10-11-12-13(2)14/h4-5,13H,3,6-12,14H2,1-2H3/b5-4-. The fourth-order valence-corrected chi connectivity index (χ4v) is 1.54. The molecule has 1 heteroatoms. The zero-order chi connectivity index (χ0) is 10.6. The SMILES string of the molecule is CC/C=C\CCCCCCCC(C)N. The van der Waals surface area contributed by atoms with Crippen molar-refractivity contribution in [3.8, 4) is 0 Å². The molecule has 14 heavy (non-hydrogen) atoms. The van der Waals surface area contributed by atoms with Gasteiger partial charge < -0.3 is 5.73 Å². The van der Waals surface area contributed by atoms with E-state index in [0.29, 0.717) is 6.04 Å². The van der Waals surface area contributed by atoms with Crippen LogP contribution in [0.5, 0.6) is 0 Å². The first-order valence-corrected chi connectivity index (χ1v) is 6.18. The molecule has 0 aromatic rings. The van der Waals surface area contributed by atoms with E-state index in [-0.39, 0.29) is 0 Å². The largest absolute Gasteiger partial charge is 0.328 e. The Hall–Kier alpha value is -0.300. The molecule has 1 nitrogen and oxygen atoms in total. The van der Waals surface area contributed by atoms with Gasteiger partial charge >= 0.3 is 0 Å². The van der Waals surface area contributed by atoms with E-state index in [2.05, 4.69) is 26.0 Å². The molecule has 0 rings (SSSR count). The van der Waals surface area contributed by atoms with Crippen LogP contribution in [0.2, 0.25) is 0 Å². The summed E-state index contributed by atoms with van der Waals surface area (Å²) in [7, 11) is 0. The van der Waals surface area contributed by atoms with Gasteiger partial charge in [-0.1, -0.05) is 44.8 Å². The maximum Gasteiger partial charge on any atom is 0.00104 e. The molecule has 84 valence electrons. The second-order valence-corrected chi connectivity index (χ2v) is 4.20. The molecular formula is C13H27N. The molecule has 0 aliphatic carbocycles. The van der Waals surface area contributed by atoms with E-state index in [4.69, 9.17) is 5.73 Å². The molecule has 0 aromatic heterocycles. The summed E-state index contributed by atoms with van der Waals surface area (Å²) >= 11 is 0. The second-order valence-electron chi connectivity index (χ2n) is 4.20. The van der Waals surface area contributed by atoms with E-state index in [1.165, 1.54) is 51.4 Å². The number of nitrogens with two attached hydrogens (primary N) is 1. The van der Waals surface area contributed by atoms with Crippen LogP contribution in [0.25, 0.3) is 0 Å². The minimum absolute atomic E-state index is 0.391. The van der Waals surface area contributed by atoms with E-state index < -0.39 is 0 Å². The summed E-state index contributed by atoms with van der Waals surface area (Å²) in [4.78, 5) is 0. The van der Waals surface area contributed by atoms with Crippen LogP contribution in [0.3, 0.4) is 0 Å². The molecule has 1 atom stereocenters. The maximum atomic E-state index is 5.68. The van der Waals surface area contributed by atoms with Crippen LogP contribution in [-0.2, 0) is 0 Å². The van der Waals surface area contributed by atoms with Crippen molar-refractivity contribution in [2.45, 2.75) is 71.3 Å². The molecule has 0 spiro atoms. The highest BCUT2D eigenvalue weighted by molar-refractivity contribution is 4.79. The molecular weight excluding hydrogens is 170 g/mol. The molecule has 1 unspecified atom stereocenters. The summed E-state index contributed by atoms with van der Waals surface area (Å²) in [5.74, 6) is 0. The summed E-state index contributed by atoms with van der Waals surface area (Å²) in [6, 6.07) is 0.391. The van der Waals surface area contributed by atoms with E-state index in [1.54, 1.807) is 0 Å². The quantitative estimate of drug-likeness (QED) is 0.438. The zero-order valence-corrected chi connectivity index (χ0v) is 9.97. The predicted octanol–water partition coefficient (Wildman–Crippen LogP) is 4.03. The van der Waals surface area contributed by atoms with Crippen LogP contribution in [0.15, 0.2) is 12.2 Å². The molecule has 0 aliphatic rings. The van der Waals surface area contributed by atoms with Gasteiger partial charge in [0.1, 0.15) is 0 Å². The van der Waals surface area contributed by atoms with Gasteiger partial charge in [0, 0.05) is 6.04 Å². The Morgan fingerprint density at radius 1 is 1.00 bits per heavy atom. The lowest BCUT2D eigenvalue weighted by atomic mass is 10.1. The van der Waals surface area contributed by atoms with Gasteiger partial charge in [-0.2, -0.15) is 0 Å². The average molecular weight is 197 g/mol. The summed E-state index contributed by atoms with van der Waals surface area (Å²) in [6.45, 7) is 4.28. The summed E-state index contributed by atoms with van der Waals surface area (Å²) in [5, 5.41) is 0. The second kappa shape index (κ2) is 10.8. The summed E-state index contributed by atoms with van der Waals surface area (Å²) in [5.41, 5.74) is 5.68. The molecule has 0 saturated carbocycles. The van der Waals surface area contributed by atoms with E-state index in [1.807, 2.05) is 0 Å². The third kappa shape index (κ3) is 11.7. The van der Waals surface area contributed by atoms with Crippen molar-refractivity contribution in [3.05, 3.63) is 12.2 Å². The normalized spacial score (nSPS) is 13.6. The number of hydrogen-bond donors (Lipinski definition) is 1. The van der Waals surface area contributed by atoms with Gasteiger partial charge in [0.2, 0.25) is 0 Å². The van der Waals surface area contributed by atoms with Crippen LogP contribution in [0.1, 0.15) is 65.2 Å². The molecule has 2 N–H and O–H groups in total. The molecule has 0 aliphatic heterocycles. The van der Waals surface area contributed by atoms with Crippen LogP contribution < -0.4 is 5.73 Å². The molecule has 0 fully saturated rings. The summed E-state index contributed by atoms with van der Waals surface area (Å²) in [6.07, 6.45) is 15.0. The molecule has 0 amide bonds. The molecule has 0 aromatic carbocycles. The van der Waals surface area contributed by atoms with Crippen molar-refractivity contribution in [2.75, 3.05) is 0 Å². The van der Waals surface area contributed by atoms with Gasteiger partial charge in [0.25, 0.3) is 0 Å². The van der Waals surface area contributed by atoms with Gasteiger partial charge in [-0.05, 0) is 32.6 Å². The van der Waals surface area contributed by atoms with Crippen molar-refractivity contribution in [3.63, 3.8) is 0 Å². The Balaban J connectivity index is 2.95. The Labute approximate surface area is 89.8 Å². The van der Waals surface area contributed by atoms with E-state index >= 15 is 0 Å². The minimum Gasteiger partial charge on any atom is -0.328 e. The number of unbranched alkanes of at least 4 members (excludes halogenated alkanes) is 5. The smallest absolute Gasteiger partial charge is 0.00104 e. The first-order chi connectivity index (χ1) is 6.77.